The highest BCUT2D eigenvalue weighted by Gasteiger charge is 2.13. The maximum atomic E-state index is 12.0. The van der Waals surface area contributed by atoms with Gasteiger partial charge in [0, 0.05) is 28.5 Å². The number of nitrogens with one attached hydrogen (secondary N) is 2. The van der Waals surface area contributed by atoms with Crippen LogP contribution in [0.1, 0.15) is 10.4 Å². The molecule has 0 heterocycles. The maximum absolute atomic E-state index is 12.0. The van der Waals surface area contributed by atoms with E-state index in [1.807, 2.05) is 0 Å². The molecule has 5 nitrogen and oxygen atoms in total. The second-order valence-corrected chi connectivity index (χ2v) is 5.45. The van der Waals surface area contributed by atoms with E-state index in [-0.39, 0.29) is 0 Å². The molecule has 2 N–H and O–H groups in total. The summed E-state index contributed by atoms with van der Waals surface area (Å²) in [5.74, 6) is -1.08. The van der Waals surface area contributed by atoms with Gasteiger partial charge >= 0.3 is 5.97 Å². The molecule has 0 radical (unpaired) electrons. The number of hydrogen-bond donors (Lipinski definition) is 2. The Morgan fingerprint density at radius 1 is 1.09 bits per heavy atom. The van der Waals surface area contributed by atoms with Gasteiger partial charge in [-0.1, -0.05) is 35.3 Å². The summed E-state index contributed by atoms with van der Waals surface area (Å²) >= 11 is 11.7. The normalized spacial score (nSPS) is 10.0. The fraction of sp³-hybridized carbons (Fsp3) is 0.125. The molecule has 1 amide bonds. The van der Waals surface area contributed by atoms with Gasteiger partial charge in [0.15, 0.2) is 6.61 Å². The molecular formula is C16H14Cl2N2O3. The quantitative estimate of drug-likeness (QED) is 0.802. The lowest BCUT2D eigenvalue weighted by atomic mass is 10.2. The topological polar surface area (TPSA) is 67.4 Å². The number of rotatable bonds is 5. The third kappa shape index (κ3) is 4.87. The van der Waals surface area contributed by atoms with E-state index in [1.54, 1.807) is 49.5 Å². The molecule has 7 heteroatoms. The fourth-order valence-corrected chi connectivity index (χ4v) is 2.44. The van der Waals surface area contributed by atoms with E-state index in [0.717, 1.165) is 0 Å². The van der Waals surface area contributed by atoms with Crippen molar-refractivity contribution in [1.82, 2.24) is 0 Å². The van der Waals surface area contributed by atoms with Crippen LogP contribution in [0.5, 0.6) is 0 Å². The molecule has 0 atom stereocenters. The second-order valence-electron chi connectivity index (χ2n) is 4.58. The first-order valence-corrected chi connectivity index (χ1v) is 7.45. The molecule has 0 spiro atoms. The zero-order valence-electron chi connectivity index (χ0n) is 12.2. The van der Waals surface area contributed by atoms with Crippen LogP contribution in [0.4, 0.5) is 11.4 Å². The van der Waals surface area contributed by atoms with E-state index in [2.05, 4.69) is 10.6 Å². The van der Waals surface area contributed by atoms with Gasteiger partial charge < -0.3 is 15.4 Å². The minimum Gasteiger partial charge on any atom is -0.452 e. The predicted molar refractivity (Wildman–Crippen MR) is 91.4 cm³/mol. The number of halogens is 2. The number of benzene rings is 2. The van der Waals surface area contributed by atoms with Crippen LogP contribution in [-0.2, 0) is 9.53 Å². The van der Waals surface area contributed by atoms with Crippen LogP contribution >= 0.6 is 23.2 Å². The van der Waals surface area contributed by atoms with Crippen molar-refractivity contribution in [2.45, 2.75) is 0 Å². The Morgan fingerprint density at radius 2 is 1.74 bits per heavy atom. The first kappa shape index (κ1) is 17.1. The summed E-state index contributed by atoms with van der Waals surface area (Å²) in [4.78, 5) is 23.8. The monoisotopic (exact) mass is 352 g/mol. The minimum atomic E-state index is -0.589. The SMILES string of the molecule is CNc1ccccc1C(=O)OCC(=O)Nc1cc(Cl)cc(Cl)c1. The number of para-hydroxylation sites is 1. The van der Waals surface area contributed by atoms with Crippen LogP contribution in [0.25, 0.3) is 0 Å². The Bertz CT molecular complexity index is 715. The molecule has 0 fully saturated rings. The van der Waals surface area contributed by atoms with Crippen molar-refractivity contribution in [3.05, 3.63) is 58.1 Å². The largest absolute Gasteiger partial charge is 0.452 e. The molecule has 0 bridgehead atoms. The van der Waals surface area contributed by atoms with Crippen LogP contribution < -0.4 is 10.6 Å². The molecule has 0 aliphatic heterocycles. The predicted octanol–water partition coefficient (Wildman–Crippen LogP) is 3.83. The Balaban J connectivity index is 1.95. The summed E-state index contributed by atoms with van der Waals surface area (Å²) in [6.07, 6.45) is 0. The third-order valence-electron chi connectivity index (χ3n) is 2.90. The summed E-state index contributed by atoms with van der Waals surface area (Å²) in [6.45, 7) is -0.416. The molecule has 0 saturated heterocycles. The standard InChI is InChI=1S/C16H14Cl2N2O3/c1-19-14-5-3-2-4-13(14)16(22)23-9-15(21)20-12-7-10(17)6-11(18)8-12/h2-8,19H,9H2,1H3,(H,20,21). The Labute approximate surface area is 143 Å². The van der Waals surface area contributed by atoms with Gasteiger partial charge in [0.05, 0.1) is 5.56 Å². The Hall–Kier alpha value is -2.24. The van der Waals surface area contributed by atoms with Gasteiger partial charge in [-0.05, 0) is 30.3 Å². The number of hydrogen-bond acceptors (Lipinski definition) is 4. The first-order chi connectivity index (χ1) is 11.0. The van der Waals surface area contributed by atoms with Crippen LogP contribution in [-0.4, -0.2) is 25.5 Å². The first-order valence-electron chi connectivity index (χ1n) is 6.69. The highest BCUT2D eigenvalue weighted by Crippen LogP contribution is 2.22. The smallest absolute Gasteiger partial charge is 0.340 e. The summed E-state index contributed by atoms with van der Waals surface area (Å²) < 4.78 is 5.01. The summed E-state index contributed by atoms with van der Waals surface area (Å²) in [5.41, 5.74) is 1.41. The van der Waals surface area contributed by atoms with E-state index < -0.39 is 18.5 Å². The van der Waals surface area contributed by atoms with Crippen molar-refractivity contribution in [3.8, 4) is 0 Å². The van der Waals surface area contributed by atoms with Gasteiger partial charge in [0.1, 0.15) is 0 Å². The van der Waals surface area contributed by atoms with Gasteiger partial charge in [-0.2, -0.15) is 0 Å². The number of anilines is 2. The van der Waals surface area contributed by atoms with Crippen molar-refractivity contribution in [3.63, 3.8) is 0 Å². The average Bonchev–Trinajstić information content (AvgIpc) is 2.51. The van der Waals surface area contributed by atoms with E-state index in [0.29, 0.717) is 27.0 Å². The van der Waals surface area contributed by atoms with Crippen molar-refractivity contribution < 1.29 is 14.3 Å². The molecule has 0 unspecified atom stereocenters. The number of carbonyl (C=O) groups is 2. The Kier molecular flexibility index (Phi) is 5.84. The van der Waals surface area contributed by atoms with Crippen LogP contribution in [0.2, 0.25) is 10.0 Å². The van der Waals surface area contributed by atoms with Crippen molar-refractivity contribution >= 4 is 46.5 Å². The molecule has 0 aliphatic rings. The maximum Gasteiger partial charge on any atom is 0.340 e. The van der Waals surface area contributed by atoms with E-state index in [1.165, 1.54) is 0 Å². The number of carbonyl (C=O) groups excluding carboxylic acids is 2. The van der Waals surface area contributed by atoms with E-state index >= 15 is 0 Å². The molecule has 23 heavy (non-hydrogen) atoms. The number of ether oxygens (including phenoxy) is 1. The van der Waals surface area contributed by atoms with E-state index in [4.69, 9.17) is 27.9 Å². The lowest BCUT2D eigenvalue weighted by molar-refractivity contribution is -0.119. The van der Waals surface area contributed by atoms with E-state index in [9.17, 15) is 9.59 Å². The van der Waals surface area contributed by atoms with Crippen LogP contribution in [0.3, 0.4) is 0 Å². The minimum absolute atomic E-state index is 0.355. The highest BCUT2D eigenvalue weighted by molar-refractivity contribution is 6.35. The summed E-state index contributed by atoms with van der Waals surface area (Å²) in [6, 6.07) is 11.5. The summed E-state index contributed by atoms with van der Waals surface area (Å²) in [7, 11) is 1.70. The van der Waals surface area contributed by atoms with Gasteiger partial charge in [-0.3, -0.25) is 4.79 Å². The molecule has 0 aromatic heterocycles. The van der Waals surface area contributed by atoms with Crippen molar-refractivity contribution in [1.29, 1.82) is 0 Å². The van der Waals surface area contributed by atoms with Gasteiger partial charge in [-0.25, -0.2) is 4.79 Å². The van der Waals surface area contributed by atoms with Gasteiger partial charge in [0.25, 0.3) is 5.91 Å². The van der Waals surface area contributed by atoms with Gasteiger partial charge in [0.2, 0.25) is 0 Å². The third-order valence-corrected chi connectivity index (χ3v) is 3.33. The van der Waals surface area contributed by atoms with Gasteiger partial charge in [-0.15, -0.1) is 0 Å². The number of esters is 1. The molecule has 0 aliphatic carbocycles. The van der Waals surface area contributed by atoms with Crippen LogP contribution in [0.15, 0.2) is 42.5 Å². The zero-order valence-corrected chi connectivity index (χ0v) is 13.7. The fourth-order valence-electron chi connectivity index (χ4n) is 1.91. The van der Waals surface area contributed by atoms with Crippen molar-refractivity contribution in [2.75, 3.05) is 24.3 Å². The molecule has 120 valence electrons. The molecule has 2 rings (SSSR count). The zero-order chi connectivity index (χ0) is 16.8. The highest BCUT2D eigenvalue weighted by atomic mass is 35.5. The second kappa shape index (κ2) is 7.85. The number of amides is 1. The Morgan fingerprint density at radius 3 is 2.39 bits per heavy atom. The molecular weight excluding hydrogens is 339 g/mol. The average molecular weight is 353 g/mol. The molecule has 2 aromatic rings. The lowest BCUT2D eigenvalue weighted by Crippen LogP contribution is -2.21. The lowest BCUT2D eigenvalue weighted by Gasteiger charge is -2.10. The van der Waals surface area contributed by atoms with Crippen LogP contribution in [0, 0.1) is 0 Å². The summed E-state index contributed by atoms with van der Waals surface area (Å²) in [5, 5.41) is 6.24. The molecule has 0 saturated carbocycles. The van der Waals surface area contributed by atoms with Crippen molar-refractivity contribution in [2.24, 2.45) is 0 Å². The molecule has 2 aromatic carbocycles.